The van der Waals surface area contributed by atoms with E-state index >= 15 is 0 Å². The molecule has 1 N–H and O–H groups in total. The lowest BCUT2D eigenvalue weighted by Crippen LogP contribution is -2.16. The Morgan fingerprint density at radius 1 is 1.15 bits per heavy atom. The van der Waals surface area contributed by atoms with Crippen LogP contribution in [-0.4, -0.2) is 11.8 Å². The SMILES string of the molecule is C=C(C)NC(C)c1noc2cc(OCc3ccc(OCC)cc3)ccc12. The highest BCUT2D eigenvalue weighted by Crippen LogP contribution is 2.28. The summed E-state index contributed by atoms with van der Waals surface area (Å²) < 4.78 is 16.8. The van der Waals surface area contributed by atoms with Crippen LogP contribution < -0.4 is 14.8 Å². The Morgan fingerprint density at radius 2 is 1.88 bits per heavy atom. The first kappa shape index (κ1) is 17.9. The van der Waals surface area contributed by atoms with Crippen molar-refractivity contribution >= 4 is 11.0 Å². The highest BCUT2D eigenvalue weighted by atomic mass is 16.5. The normalized spacial score (nSPS) is 12.0. The molecule has 26 heavy (non-hydrogen) atoms. The van der Waals surface area contributed by atoms with Crippen LogP contribution in [0, 0.1) is 0 Å². The van der Waals surface area contributed by atoms with Crippen LogP contribution in [0.4, 0.5) is 0 Å². The maximum absolute atomic E-state index is 5.88. The maximum atomic E-state index is 5.88. The van der Waals surface area contributed by atoms with E-state index in [-0.39, 0.29) is 6.04 Å². The van der Waals surface area contributed by atoms with Gasteiger partial charge in [-0.25, -0.2) is 0 Å². The second kappa shape index (κ2) is 7.95. The Kier molecular flexibility index (Phi) is 5.46. The smallest absolute Gasteiger partial charge is 0.170 e. The molecule has 1 unspecified atom stereocenters. The van der Waals surface area contributed by atoms with E-state index in [1.54, 1.807) is 0 Å². The highest BCUT2D eigenvalue weighted by Gasteiger charge is 2.15. The van der Waals surface area contributed by atoms with Gasteiger partial charge in [0.25, 0.3) is 0 Å². The fraction of sp³-hybridized carbons (Fsp3) is 0.286. The third-order valence-electron chi connectivity index (χ3n) is 3.98. The van der Waals surface area contributed by atoms with Crippen LogP contribution in [0.3, 0.4) is 0 Å². The number of ether oxygens (including phenoxy) is 2. The maximum Gasteiger partial charge on any atom is 0.170 e. The number of hydrogen-bond acceptors (Lipinski definition) is 5. The molecular weight excluding hydrogens is 328 g/mol. The van der Waals surface area contributed by atoms with Crippen molar-refractivity contribution in [3.8, 4) is 11.5 Å². The van der Waals surface area contributed by atoms with Gasteiger partial charge in [0.15, 0.2) is 5.58 Å². The van der Waals surface area contributed by atoms with Crippen LogP contribution in [0.5, 0.6) is 11.5 Å². The van der Waals surface area contributed by atoms with Crippen molar-refractivity contribution in [2.24, 2.45) is 0 Å². The molecule has 0 bridgehead atoms. The molecule has 1 atom stereocenters. The van der Waals surface area contributed by atoms with E-state index in [1.807, 2.05) is 63.2 Å². The van der Waals surface area contributed by atoms with E-state index in [2.05, 4.69) is 17.1 Å². The summed E-state index contributed by atoms with van der Waals surface area (Å²) in [6, 6.07) is 13.7. The van der Waals surface area contributed by atoms with E-state index in [0.29, 0.717) is 18.8 Å². The van der Waals surface area contributed by atoms with Gasteiger partial charge in [-0.3, -0.25) is 0 Å². The number of nitrogens with one attached hydrogen (secondary N) is 1. The Labute approximate surface area is 153 Å². The summed E-state index contributed by atoms with van der Waals surface area (Å²) in [5, 5.41) is 8.41. The standard InChI is InChI=1S/C21H24N2O3/c1-5-24-17-8-6-16(7-9-17)13-25-18-10-11-19-20(12-18)26-23-21(19)15(4)22-14(2)3/h6-12,15,22H,2,5,13H2,1,3-4H3. The van der Waals surface area contributed by atoms with Gasteiger partial charge >= 0.3 is 0 Å². The van der Waals surface area contributed by atoms with Gasteiger partial charge < -0.3 is 19.3 Å². The molecule has 0 aliphatic heterocycles. The van der Waals surface area contributed by atoms with Gasteiger partial charge in [-0.15, -0.1) is 0 Å². The summed E-state index contributed by atoms with van der Waals surface area (Å²) in [5.41, 5.74) is 3.54. The fourth-order valence-corrected chi connectivity index (χ4v) is 2.79. The fourth-order valence-electron chi connectivity index (χ4n) is 2.79. The molecule has 3 aromatic rings. The van der Waals surface area contributed by atoms with Crippen molar-refractivity contribution in [1.29, 1.82) is 0 Å². The Morgan fingerprint density at radius 3 is 2.58 bits per heavy atom. The molecule has 0 amide bonds. The second-order valence-electron chi connectivity index (χ2n) is 6.24. The first-order valence-electron chi connectivity index (χ1n) is 8.72. The lowest BCUT2D eigenvalue weighted by Gasteiger charge is -2.12. The molecule has 0 saturated carbocycles. The van der Waals surface area contributed by atoms with Gasteiger partial charge in [0.1, 0.15) is 23.8 Å². The summed E-state index contributed by atoms with van der Waals surface area (Å²) in [5.74, 6) is 1.61. The molecular formula is C21H24N2O3. The summed E-state index contributed by atoms with van der Waals surface area (Å²) in [6.45, 7) is 10.9. The molecule has 5 heteroatoms. The van der Waals surface area contributed by atoms with E-state index in [1.165, 1.54) is 0 Å². The molecule has 0 aliphatic rings. The van der Waals surface area contributed by atoms with Gasteiger partial charge in [0.2, 0.25) is 0 Å². The van der Waals surface area contributed by atoms with Crippen LogP contribution in [-0.2, 0) is 6.61 Å². The predicted octanol–water partition coefficient (Wildman–Crippen LogP) is 4.99. The molecule has 0 saturated heterocycles. The zero-order valence-electron chi connectivity index (χ0n) is 15.4. The number of allylic oxidation sites excluding steroid dienone is 1. The molecule has 0 spiro atoms. The molecule has 0 radical (unpaired) electrons. The monoisotopic (exact) mass is 352 g/mol. The Balaban J connectivity index is 1.68. The van der Waals surface area contributed by atoms with Gasteiger partial charge in [-0.1, -0.05) is 23.9 Å². The number of benzene rings is 2. The van der Waals surface area contributed by atoms with E-state index < -0.39 is 0 Å². The molecule has 0 fully saturated rings. The first-order valence-corrected chi connectivity index (χ1v) is 8.72. The molecule has 0 aliphatic carbocycles. The van der Waals surface area contributed by atoms with Crippen LogP contribution >= 0.6 is 0 Å². The number of fused-ring (bicyclic) bond motifs is 1. The van der Waals surface area contributed by atoms with Gasteiger partial charge in [0, 0.05) is 17.1 Å². The summed E-state index contributed by atoms with van der Waals surface area (Å²) in [6.07, 6.45) is 0. The minimum absolute atomic E-state index is 0.0318. The van der Waals surface area contributed by atoms with Gasteiger partial charge in [-0.2, -0.15) is 0 Å². The number of rotatable bonds is 8. The number of nitrogens with zero attached hydrogens (tertiary/aromatic N) is 1. The van der Waals surface area contributed by atoms with E-state index in [9.17, 15) is 0 Å². The van der Waals surface area contributed by atoms with Gasteiger partial charge in [0.05, 0.1) is 12.6 Å². The van der Waals surface area contributed by atoms with Crippen LogP contribution in [0.2, 0.25) is 0 Å². The minimum atomic E-state index is 0.0318. The Hall–Kier alpha value is -2.95. The Bertz CT molecular complexity index is 884. The van der Waals surface area contributed by atoms with Gasteiger partial charge in [-0.05, 0) is 50.6 Å². The minimum Gasteiger partial charge on any atom is -0.494 e. The lowest BCUT2D eigenvalue weighted by molar-refractivity contribution is 0.305. The summed E-state index contributed by atoms with van der Waals surface area (Å²) in [7, 11) is 0. The zero-order chi connectivity index (χ0) is 18.5. The average Bonchev–Trinajstić information content (AvgIpc) is 3.04. The average molecular weight is 352 g/mol. The molecule has 1 aromatic heterocycles. The van der Waals surface area contributed by atoms with Crippen LogP contribution in [0.1, 0.15) is 38.1 Å². The molecule has 5 nitrogen and oxygen atoms in total. The van der Waals surface area contributed by atoms with Crippen molar-refractivity contribution in [3.05, 3.63) is 66.0 Å². The van der Waals surface area contributed by atoms with Crippen molar-refractivity contribution < 1.29 is 14.0 Å². The first-order chi connectivity index (χ1) is 12.6. The quantitative estimate of drug-likeness (QED) is 0.619. The van der Waals surface area contributed by atoms with Crippen LogP contribution in [0.25, 0.3) is 11.0 Å². The number of hydrogen-bond donors (Lipinski definition) is 1. The highest BCUT2D eigenvalue weighted by molar-refractivity contribution is 5.81. The van der Waals surface area contributed by atoms with Crippen molar-refractivity contribution in [3.63, 3.8) is 0 Å². The van der Waals surface area contributed by atoms with Crippen LogP contribution in [0.15, 0.2) is 59.3 Å². The summed E-state index contributed by atoms with van der Waals surface area (Å²) >= 11 is 0. The van der Waals surface area contributed by atoms with E-state index in [0.717, 1.165) is 33.8 Å². The molecule has 2 aromatic carbocycles. The predicted molar refractivity (Wildman–Crippen MR) is 102 cm³/mol. The zero-order valence-corrected chi connectivity index (χ0v) is 15.4. The lowest BCUT2D eigenvalue weighted by atomic mass is 10.1. The number of aromatic nitrogens is 1. The summed E-state index contributed by atoms with van der Waals surface area (Å²) in [4.78, 5) is 0. The van der Waals surface area contributed by atoms with E-state index in [4.69, 9.17) is 14.0 Å². The van der Waals surface area contributed by atoms with Crippen molar-refractivity contribution in [2.75, 3.05) is 6.61 Å². The topological polar surface area (TPSA) is 56.5 Å². The third-order valence-corrected chi connectivity index (χ3v) is 3.98. The second-order valence-corrected chi connectivity index (χ2v) is 6.24. The molecule has 1 heterocycles. The molecule has 3 rings (SSSR count). The largest absolute Gasteiger partial charge is 0.494 e. The third kappa shape index (κ3) is 4.17. The van der Waals surface area contributed by atoms with Crippen molar-refractivity contribution in [1.82, 2.24) is 10.5 Å². The molecule has 136 valence electrons. The van der Waals surface area contributed by atoms with Crippen molar-refractivity contribution in [2.45, 2.75) is 33.4 Å².